The van der Waals surface area contributed by atoms with E-state index in [9.17, 15) is 19.1 Å². The first-order valence-corrected chi connectivity index (χ1v) is 7.36. The number of fused-ring (bicyclic) bond motifs is 1. The summed E-state index contributed by atoms with van der Waals surface area (Å²) in [6.07, 6.45) is 0. The molecule has 122 valence electrons. The first-order chi connectivity index (χ1) is 11.4. The number of nitrogens with zero attached hydrogens (tertiary/aromatic N) is 1. The number of aromatic nitrogens is 1. The van der Waals surface area contributed by atoms with E-state index in [0.29, 0.717) is 10.9 Å². The van der Waals surface area contributed by atoms with Gasteiger partial charge in [0.15, 0.2) is 0 Å². The Morgan fingerprint density at radius 3 is 2.67 bits per heavy atom. The molecule has 2 N–H and O–H groups in total. The van der Waals surface area contributed by atoms with E-state index < -0.39 is 17.4 Å². The molecule has 0 saturated carbocycles. The average Bonchev–Trinajstić information content (AvgIpc) is 2.50. The molecule has 3 aromatic rings. The molecule has 0 atom stereocenters. The van der Waals surface area contributed by atoms with Gasteiger partial charge in [0.05, 0.1) is 10.5 Å². The fraction of sp³-hybridized carbons (Fsp3) is 0.0588. The number of nitrogens with one attached hydrogen (secondary N) is 1. The summed E-state index contributed by atoms with van der Waals surface area (Å²) in [6.45, 7) is 1.74. The van der Waals surface area contributed by atoms with Crippen LogP contribution in [-0.4, -0.2) is 15.7 Å². The first kappa shape index (κ1) is 16.0. The lowest BCUT2D eigenvalue weighted by molar-refractivity contribution is 0.253. The van der Waals surface area contributed by atoms with E-state index in [0.717, 1.165) is 10.6 Å². The van der Waals surface area contributed by atoms with E-state index in [2.05, 4.69) is 5.32 Å². The van der Waals surface area contributed by atoms with Gasteiger partial charge in [0, 0.05) is 23.2 Å². The predicted molar refractivity (Wildman–Crippen MR) is 90.4 cm³/mol. The molecular formula is C17H12ClFN2O3. The number of halogens is 2. The molecule has 0 spiro atoms. The minimum absolute atomic E-state index is 0.0705. The summed E-state index contributed by atoms with van der Waals surface area (Å²) < 4.78 is 14.1. The highest BCUT2D eigenvalue weighted by Crippen LogP contribution is 2.23. The number of rotatable bonds is 1. The molecule has 0 unspecified atom stereocenters. The molecule has 0 aliphatic heterocycles. The molecule has 1 heterocycles. The highest BCUT2D eigenvalue weighted by atomic mass is 35.5. The summed E-state index contributed by atoms with van der Waals surface area (Å²) >= 11 is 5.68. The van der Waals surface area contributed by atoms with Crippen LogP contribution >= 0.6 is 11.6 Å². The van der Waals surface area contributed by atoms with Gasteiger partial charge in [0.2, 0.25) is 0 Å². The van der Waals surface area contributed by atoms with Gasteiger partial charge in [0.25, 0.3) is 5.56 Å². The molecule has 1 amide bonds. The molecule has 0 fully saturated rings. The van der Waals surface area contributed by atoms with E-state index in [4.69, 9.17) is 11.6 Å². The first-order valence-electron chi connectivity index (χ1n) is 6.98. The molecule has 0 aliphatic rings. The standard InChI is InChI=1S/C17H12ClFN2O3/c1-9-6-16(23)21(15-8-11(22)3-4-12(9)15)17(24)20-10-2-5-14(19)13(18)7-10/h2-8,22H,1H3,(H,20,24). The number of phenolic OH excluding ortho intramolecular Hbond substituents is 1. The maximum atomic E-state index is 13.2. The molecule has 0 aliphatic carbocycles. The molecule has 7 heteroatoms. The van der Waals surface area contributed by atoms with Crippen LogP contribution in [0.5, 0.6) is 5.75 Å². The Balaban J connectivity index is 2.11. The highest BCUT2D eigenvalue weighted by Gasteiger charge is 2.14. The molecule has 5 nitrogen and oxygen atoms in total. The van der Waals surface area contributed by atoms with E-state index >= 15 is 0 Å². The zero-order valence-corrected chi connectivity index (χ0v) is 13.3. The lowest BCUT2D eigenvalue weighted by Crippen LogP contribution is -2.31. The van der Waals surface area contributed by atoms with Gasteiger partial charge < -0.3 is 10.4 Å². The van der Waals surface area contributed by atoms with Crippen LogP contribution in [0.4, 0.5) is 14.9 Å². The molecule has 0 bridgehead atoms. The third-order valence-electron chi connectivity index (χ3n) is 3.58. The van der Waals surface area contributed by atoms with Crippen molar-refractivity contribution in [2.75, 3.05) is 5.32 Å². The van der Waals surface area contributed by atoms with Crippen LogP contribution in [0.15, 0.2) is 47.3 Å². The summed E-state index contributed by atoms with van der Waals surface area (Å²) in [6, 6.07) is 8.71. The van der Waals surface area contributed by atoms with Crippen molar-refractivity contribution in [2.24, 2.45) is 0 Å². The van der Waals surface area contributed by atoms with E-state index in [1.54, 1.807) is 13.0 Å². The lowest BCUT2D eigenvalue weighted by atomic mass is 10.1. The van der Waals surface area contributed by atoms with Crippen LogP contribution in [0.3, 0.4) is 0 Å². The number of aryl methyl sites for hydroxylation is 1. The Labute approximate surface area is 140 Å². The van der Waals surface area contributed by atoms with Crippen molar-refractivity contribution in [3.8, 4) is 5.75 Å². The fourth-order valence-electron chi connectivity index (χ4n) is 2.45. The van der Waals surface area contributed by atoms with Gasteiger partial charge in [-0.3, -0.25) is 4.79 Å². The van der Waals surface area contributed by atoms with Gasteiger partial charge in [-0.15, -0.1) is 0 Å². The molecule has 0 saturated heterocycles. The molecule has 24 heavy (non-hydrogen) atoms. The molecular weight excluding hydrogens is 335 g/mol. The second kappa shape index (κ2) is 5.98. The van der Waals surface area contributed by atoms with Gasteiger partial charge in [0.1, 0.15) is 11.6 Å². The largest absolute Gasteiger partial charge is 0.508 e. The maximum absolute atomic E-state index is 13.2. The molecule has 2 aromatic carbocycles. The lowest BCUT2D eigenvalue weighted by Gasteiger charge is -2.12. The molecule has 1 aromatic heterocycles. The van der Waals surface area contributed by atoms with Crippen LogP contribution < -0.4 is 10.9 Å². The number of anilines is 1. The number of carbonyl (C=O) groups excluding carboxylic acids is 1. The van der Waals surface area contributed by atoms with Crippen LogP contribution in [0, 0.1) is 12.7 Å². The van der Waals surface area contributed by atoms with Crippen molar-refractivity contribution in [3.05, 3.63) is 69.2 Å². The predicted octanol–water partition coefficient (Wildman–Crippen LogP) is 3.89. The van der Waals surface area contributed by atoms with Crippen molar-refractivity contribution >= 4 is 34.2 Å². The number of hydrogen-bond acceptors (Lipinski definition) is 3. The summed E-state index contributed by atoms with van der Waals surface area (Å²) in [5.41, 5.74) is 0.651. The van der Waals surface area contributed by atoms with Crippen molar-refractivity contribution in [2.45, 2.75) is 6.92 Å². The monoisotopic (exact) mass is 346 g/mol. The van der Waals surface area contributed by atoms with Gasteiger partial charge in [-0.1, -0.05) is 11.6 Å². The third kappa shape index (κ3) is 2.83. The quantitative estimate of drug-likeness (QED) is 0.702. The number of benzene rings is 2. The number of carbonyl (C=O) groups is 1. The Morgan fingerprint density at radius 1 is 1.21 bits per heavy atom. The maximum Gasteiger partial charge on any atom is 0.333 e. The van der Waals surface area contributed by atoms with Crippen molar-refractivity contribution in [3.63, 3.8) is 0 Å². The van der Waals surface area contributed by atoms with E-state index in [-0.39, 0.29) is 22.0 Å². The van der Waals surface area contributed by atoms with Crippen molar-refractivity contribution in [1.82, 2.24) is 4.57 Å². The average molecular weight is 347 g/mol. The number of aromatic hydroxyl groups is 1. The Hall–Kier alpha value is -2.86. The second-order valence-corrected chi connectivity index (χ2v) is 5.67. The Kier molecular flexibility index (Phi) is 3.99. The van der Waals surface area contributed by atoms with Crippen LogP contribution in [0.25, 0.3) is 10.9 Å². The summed E-state index contributed by atoms with van der Waals surface area (Å²) in [5.74, 6) is -0.684. The van der Waals surface area contributed by atoms with Gasteiger partial charge in [-0.2, -0.15) is 0 Å². The highest BCUT2D eigenvalue weighted by molar-refractivity contribution is 6.31. The van der Waals surface area contributed by atoms with Crippen LogP contribution in [0.1, 0.15) is 5.56 Å². The SMILES string of the molecule is Cc1cc(=O)n(C(=O)Nc2ccc(F)c(Cl)c2)c2cc(O)ccc12. The zero-order chi connectivity index (χ0) is 17.4. The third-order valence-corrected chi connectivity index (χ3v) is 3.87. The van der Waals surface area contributed by atoms with E-state index in [1.165, 1.54) is 30.3 Å². The summed E-state index contributed by atoms with van der Waals surface area (Å²) in [4.78, 5) is 24.8. The fourth-order valence-corrected chi connectivity index (χ4v) is 2.63. The van der Waals surface area contributed by atoms with Crippen molar-refractivity contribution in [1.29, 1.82) is 0 Å². The zero-order valence-electron chi connectivity index (χ0n) is 12.5. The minimum atomic E-state index is -0.738. The molecule has 3 rings (SSSR count). The van der Waals surface area contributed by atoms with Crippen molar-refractivity contribution < 1.29 is 14.3 Å². The summed E-state index contributed by atoms with van der Waals surface area (Å²) in [5, 5.41) is 12.7. The van der Waals surface area contributed by atoms with Crippen LogP contribution in [0.2, 0.25) is 5.02 Å². The molecule has 0 radical (unpaired) electrons. The number of phenols is 1. The van der Waals surface area contributed by atoms with Gasteiger partial charge in [-0.05, 0) is 42.8 Å². The Morgan fingerprint density at radius 2 is 1.96 bits per heavy atom. The number of amides is 1. The van der Waals surface area contributed by atoms with Crippen LogP contribution in [-0.2, 0) is 0 Å². The summed E-state index contributed by atoms with van der Waals surface area (Å²) in [7, 11) is 0. The minimum Gasteiger partial charge on any atom is -0.508 e. The topological polar surface area (TPSA) is 71.3 Å². The number of pyridine rings is 1. The number of hydrogen-bond donors (Lipinski definition) is 2. The second-order valence-electron chi connectivity index (χ2n) is 5.26. The van der Waals surface area contributed by atoms with Gasteiger partial charge in [-0.25, -0.2) is 13.8 Å². The van der Waals surface area contributed by atoms with E-state index in [1.807, 2.05) is 0 Å². The normalized spacial score (nSPS) is 10.8. The smallest absolute Gasteiger partial charge is 0.333 e. The van der Waals surface area contributed by atoms with Gasteiger partial charge >= 0.3 is 6.03 Å². The Bertz CT molecular complexity index is 1030.